The second-order valence-corrected chi connectivity index (χ2v) is 1.75. The van der Waals surface area contributed by atoms with Crippen molar-refractivity contribution in [1.82, 2.24) is 5.32 Å². The summed E-state index contributed by atoms with van der Waals surface area (Å²) in [6, 6.07) is -0.171. The molecule has 0 radical (unpaired) electrons. The summed E-state index contributed by atoms with van der Waals surface area (Å²) < 4.78 is 0. The molecule has 0 saturated heterocycles. The van der Waals surface area contributed by atoms with Crippen molar-refractivity contribution >= 4 is 6.29 Å². The highest BCUT2D eigenvalue weighted by molar-refractivity contribution is 5.62. The molecule has 8 heavy (non-hydrogen) atoms. The Hall–Kier alpha value is -0.630. The van der Waals surface area contributed by atoms with Gasteiger partial charge in [-0.05, 0) is 14.0 Å². The molecule has 0 amide bonds. The molecule has 0 rings (SSSR count). The van der Waals surface area contributed by atoms with Gasteiger partial charge in [0.15, 0.2) is 0 Å². The molecule has 0 heterocycles. The molecule has 0 aliphatic rings. The van der Waals surface area contributed by atoms with E-state index in [9.17, 15) is 4.79 Å². The third kappa shape index (κ3) is 1.89. The predicted molar refractivity (Wildman–Crippen MR) is 33.7 cm³/mol. The first kappa shape index (κ1) is 7.37. The second-order valence-electron chi connectivity index (χ2n) is 1.75. The van der Waals surface area contributed by atoms with Gasteiger partial charge in [0.2, 0.25) is 0 Å². The molecule has 2 nitrogen and oxygen atoms in total. The Bertz CT molecular complexity index is 98.7. The lowest BCUT2D eigenvalue weighted by Crippen LogP contribution is -2.26. The monoisotopic (exact) mass is 113 g/mol. The van der Waals surface area contributed by atoms with Crippen LogP contribution >= 0.6 is 0 Å². The summed E-state index contributed by atoms with van der Waals surface area (Å²) in [5.41, 5.74) is 0.850. The normalized spacial score (nSPS) is 12.8. The Morgan fingerprint density at radius 3 is 2.38 bits per heavy atom. The van der Waals surface area contributed by atoms with Crippen LogP contribution in [-0.2, 0) is 4.79 Å². The molecule has 1 unspecified atom stereocenters. The van der Waals surface area contributed by atoms with Gasteiger partial charge in [-0.1, -0.05) is 12.2 Å². The molecule has 1 N–H and O–H groups in total. The molecule has 0 aliphatic carbocycles. The zero-order valence-electron chi connectivity index (χ0n) is 5.27. The lowest BCUT2D eigenvalue weighted by atomic mass is 10.2. The Morgan fingerprint density at radius 1 is 1.88 bits per heavy atom. The van der Waals surface area contributed by atoms with E-state index in [2.05, 4.69) is 11.9 Å². The quantitative estimate of drug-likeness (QED) is 0.422. The molecule has 0 aliphatic heterocycles. The lowest BCUT2D eigenvalue weighted by molar-refractivity contribution is -0.108. The van der Waals surface area contributed by atoms with Crippen LogP contribution in [-0.4, -0.2) is 19.4 Å². The van der Waals surface area contributed by atoms with Crippen molar-refractivity contribution in [2.75, 3.05) is 7.05 Å². The largest absolute Gasteiger partial charge is 0.307 e. The van der Waals surface area contributed by atoms with Gasteiger partial charge in [-0.3, -0.25) is 0 Å². The van der Waals surface area contributed by atoms with E-state index >= 15 is 0 Å². The summed E-state index contributed by atoms with van der Waals surface area (Å²) in [6.07, 6.45) is 0.836. The van der Waals surface area contributed by atoms with Gasteiger partial charge in [-0.2, -0.15) is 0 Å². The highest BCUT2D eigenvalue weighted by Crippen LogP contribution is 1.90. The van der Waals surface area contributed by atoms with Crippen LogP contribution in [0.2, 0.25) is 0 Å². The summed E-state index contributed by atoms with van der Waals surface area (Å²) in [5.74, 6) is 0. The van der Waals surface area contributed by atoms with E-state index in [1.807, 2.05) is 6.92 Å². The fourth-order valence-corrected chi connectivity index (χ4v) is 0.431. The van der Waals surface area contributed by atoms with Crippen LogP contribution in [0.3, 0.4) is 0 Å². The minimum atomic E-state index is -0.171. The van der Waals surface area contributed by atoms with Gasteiger partial charge in [0.05, 0.1) is 6.04 Å². The van der Waals surface area contributed by atoms with Gasteiger partial charge in [-0.25, -0.2) is 0 Å². The second kappa shape index (κ2) is 3.38. The van der Waals surface area contributed by atoms with Gasteiger partial charge < -0.3 is 10.1 Å². The molecule has 0 bridgehead atoms. The topological polar surface area (TPSA) is 29.1 Å². The SMILES string of the molecule is C=C(C)C(C=O)NC. The Kier molecular flexibility index (Phi) is 3.12. The van der Waals surface area contributed by atoms with E-state index in [-0.39, 0.29) is 6.04 Å². The summed E-state index contributed by atoms with van der Waals surface area (Å²) in [5, 5.41) is 2.78. The van der Waals surface area contributed by atoms with Crippen molar-refractivity contribution in [2.45, 2.75) is 13.0 Å². The smallest absolute Gasteiger partial charge is 0.141 e. The fraction of sp³-hybridized carbons (Fsp3) is 0.500. The highest BCUT2D eigenvalue weighted by atomic mass is 16.1. The van der Waals surface area contributed by atoms with E-state index in [1.165, 1.54) is 0 Å². The van der Waals surface area contributed by atoms with E-state index in [0.29, 0.717) is 0 Å². The third-order valence-corrected chi connectivity index (χ3v) is 0.978. The predicted octanol–water partition coefficient (Wildman–Crippen LogP) is 0.349. The third-order valence-electron chi connectivity index (χ3n) is 0.978. The van der Waals surface area contributed by atoms with E-state index < -0.39 is 0 Å². The van der Waals surface area contributed by atoms with Crippen molar-refractivity contribution in [3.8, 4) is 0 Å². The van der Waals surface area contributed by atoms with Crippen LogP contribution in [0.1, 0.15) is 6.92 Å². The molecule has 0 spiro atoms. The Labute approximate surface area is 49.6 Å². The average Bonchev–Trinajstić information content (AvgIpc) is 1.69. The average molecular weight is 113 g/mol. The van der Waals surface area contributed by atoms with E-state index in [4.69, 9.17) is 0 Å². The zero-order chi connectivity index (χ0) is 6.57. The van der Waals surface area contributed by atoms with Gasteiger partial charge in [0, 0.05) is 0 Å². The summed E-state index contributed by atoms with van der Waals surface area (Å²) in [6.45, 7) is 5.42. The number of rotatable bonds is 3. The van der Waals surface area contributed by atoms with Crippen LogP contribution in [0.5, 0.6) is 0 Å². The summed E-state index contributed by atoms with van der Waals surface area (Å²) >= 11 is 0. The summed E-state index contributed by atoms with van der Waals surface area (Å²) in [4.78, 5) is 10.1. The molecule has 0 fully saturated rings. The Morgan fingerprint density at radius 2 is 2.38 bits per heavy atom. The number of hydrogen-bond donors (Lipinski definition) is 1. The van der Waals surface area contributed by atoms with Gasteiger partial charge in [0.25, 0.3) is 0 Å². The van der Waals surface area contributed by atoms with Crippen molar-refractivity contribution < 1.29 is 4.79 Å². The Balaban J connectivity index is 3.69. The standard InChI is InChI=1S/C6H11NO/c1-5(2)6(4-8)7-3/h4,6-7H,1H2,2-3H3. The number of likely N-dealkylation sites (N-methyl/N-ethyl adjacent to an activating group) is 1. The zero-order valence-corrected chi connectivity index (χ0v) is 5.27. The lowest BCUT2D eigenvalue weighted by Gasteiger charge is -2.05. The minimum Gasteiger partial charge on any atom is -0.307 e. The molecular weight excluding hydrogens is 102 g/mol. The first-order valence-electron chi connectivity index (χ1n) is 2.50. The van der Waals surface area contributed by atoms with Crippen LogP contribution in [0.25, 0.3) is 0 Å². The molecule has 0 saturated carbocycles. The maximum Gasteiger partial charge on any atom is 0.141 e. The van der Waals surface area contributed by atoms with E-state index in [0.717, 1.165) is 11.9 Å². The van der Waals surface area contributed by atoms with Crippen molar-refractivity contribution in [2.24, 2.45) is 0 Å². The van der Waals surface area contributed by atoms with E-state index in [1.54, 1.807) is 7.05 Å². The number of aldehydes is 1. The molecule has 0 aromatic carbocycles. The fourth-order valence-electron chi connectivity index (χ4n) is 0.431. The van der Waals surface area contributed by atoms with Gasteiger partial charge in [0.1, 0.15) is 6.29 Å². The molecule has 0 aromatic heterocycles. The first-order valence-corrected chi connectivity index (χ1v) is 2.50. The number of carbonyl (C=O) groups is 1. The maximum atomic E-state index is 10.1. The molecule has 46 valence electrons. The van der Waals surface area contributed by atoms with Crippen molar-refractivity contribution in [1.29, 1.82) is 0 Å². The molecule has 2 heteroatoms. The molecule has 0 aromatic rings. The minimum absolute atomic E-state index is 0.171. The van der Waals surface area contributed by atoms with Crippen LogP contribution < -0.4 is 5.32 Å². The van der Waals surface area contributed by atoms with Crippen LogP contribution in [0.15, 0.2) is 12.2 Å². The highest BCUT2D eigenvalue weighted by Gasteiger charge is 2.00. The number of hydrogen-bond acceptors (Lipinski definition) is 2. The van der Waals surface area contributed by atoms with Crippen LogP contribution in [0.4, 0.5) is 0 Å². The number of carbonyl (C=O) groups excluding carboxylic acids is 1. The molecule has 1 atom stereocenters. The van der Waals surface area contributed by atoms with Crippen molar-refractivity contribution in [3.05, 3.63) is 12.2 Å². The number of nitrogens with one attached hydrogen (secondary N) is 1. The molecular formula is C6H11NO. The first-order chi connectivity index (χ1) is 3.72. The van der Waals surface area contributed by atoms with Gasteiger partial charge in [-0.15, -0.1) is 0 Å². The van der Waals surface area contributed by atoms with Crippen LogP contribution in [0, 0.1) is 0 Å². The summed E-state index contributed by atoms with van der Waals surface area (Å²) in [7, 11) is 1.73. The van der Waals surface area contributed by atoms with Gasteiger partial charge >= 0.3 is 0 Å². The van der Waals surface area contributed by atoms with Crippen molar-refractivity contribution in [3.63, 3.8) is 0 Å². The maximum absolute atomic E-state index is 10.1.